The fraction of sp³-hybridized carbons (Fsp3) is 0.341. The van der Waals surface area contributed by atoms with Gasteiger partial charge in [-0.05, 0) is 105 Å². The summed E-state index contributed by atoms with van der Waals surface area (Å²) >= 11 is 0. The van der Waals surface area contributed by atoms with Crippen LogP contribution in [0.3, 0.4) is 0 Å². The molecule has 0 fully saturated rings. The zero-order chi connectivity index (χ0) is 34.6. The van der Waals surface area contributed by atoms with Gasteiger partial charge < -0.3 is 19.7 Å². The summed E-state index contributed by atoms with van der Waals surface area (Å²) in [7, 11) is 0. The number of carbonyl (C=O) groups is 3. The van der Waals surface area contributed by atoms with Crippen molar-refractivity contribution < 1.29 is 34.1 Å². The minimum absolute atomic E-state index is 0.0647. The van der Waals surface area contributed by atoms with Gasteiger partial charge in [0.2, 0.25) is 0 Å². The molecule has 0 heterocycles. The zero-order valence-corrected chi connectivity index (χ0v) is 28.4. The molecule has 0 saturated heterocycles. The fourth-order valence-corrected chi connectivity index (χ4v) is 6.41. The Morgan fingerprint density at radius 2 is 0.833 bits per heavy atom. The lowest BCUT2D eigenvalue weighted by molar-refractivity contribution is 0.111. The van der Waals surface area contributed by atoms with Crippen molar-refractivity contribution in [1.82, 2.24) is 0 Å². The molecule has 0 aromatic heterocycles. The summed E-state index contributed by atoms with van der Waals surface area (Å²) in [6, 6.07) is 14.4. The standard InChI is InChI=1S/C41H44O7/c1-6-8-47-39-32-14-27(24-44)15-33(39)17-29-11-26(23-43)13-31(38(29)46)19-35-21-36(41(3,4)5)20-34(40(35)48-9-7-2)18-30-12-25(22-42)10-28(16-32)37(30)45/h10-15,20-24,45-46H,6-9,16-19H2,1-5H3. The van der Waals surface area contributed by atoms with Crippen molar-refractivity contribution in [3.05, 3.63) is 115 Å². The molecule has 8 bridgehead atoms. The Kier molecular flexibility index (Phi) is 10.4. The average Bonchev–Trinajstić information content (AvgIpc) is 3.06. The number of benzene rings is 4. The number of aromatic hydroxyl groups is 2. The van der Waals surface area contributed by atoms with Crippen LogP contribution in [-0.2, 0) is 31.1 Å². The van der Waals surface area contributed by atoms with E-state index >= 15 is 0 Å². The van der Waals surface area contributed by atoms with Gasteiger partial charge in [0, 0.05) is 42.4 Å². The first-order chi connectivity index (χ1) is 23.0. The highest BCUT2D eigenvalue weighted by Crippen LogP contribution is 2.41. The van der Waals surface area contributed by atoms with Gasteiger partial charge in [-0.15, -0.1) is 0 Å². The Balaban J connectivity index is 1.87. The lowest BCUT2D eigenvalue weighted by atomic mass is 9.82. The molecule has 250 valence electrons. The molecular weight excluding hydrogens is 604 g/mol. The van der Waals surface area contributed by atoms with Gasteiger partial charge in [-0.1, -0.05) is 46.8 Å². The third-order valence-corrected chi connectivity index (χ3v) is 8.79. The molecule has 0 atom stereocenters. The maximum Gasteiger partial charge on any atom is 0.150 e. The molecule has 1 aliphatic carbocycles. The van der Waals surface area contributed by atoms with Crippen LogP contribution in [0.25, 0.3) is 0 Å². The van der Waals surface area contributed by atoms with Crippen LogP contribution in [-0.4, -0.2) is 42.3 Å². The second-order valence-corrected chi connectivity index (χ2v) is 13.7. The first kappa shape index (κ1) is 34.4. The maximum atomic E-state index is 12.2. The van der Waals surface area contributed by atoms with Gasteiger partial charge in [0.1, 0.15) is 41.9 Å². The zero-order valence-electron chi connectivity index (χ0n) is 28.4. The van der Waals surface area contributed by atoms with E-state index in [1.165, 1.54) is 0 Å². The van der Waals surface area contributed by atoms with Crippen LogP contribution in [0, 0.1) is 0 Å². The van der Waals surface area contributed by atoms with Crippen LogP contribution in [0.2, 0.25) is 0 Å². The molecular formula is C41H44O7. The monoisotopic (exact) mass is 648 g/mol. The van der Waals surface area contributed by atoms with E-state index in [1.807, 2.05) is 13.8 Å². The fourth-order valence-electron chi connectivity index (χ4n) is 6.41. The third kappa shape index (κ3) is 7.30. The molecule has 7 heteroatoms. The highest BCUT2D eigenvalue weighted by Gasteiger charge is 2.25. The lowest BCUT2D eigenvalue weighted by Crippen LogP contribution is -2.14. The second kappa shape index (κ2) is 14.5. The molecule has 4 aromatic carbocycles. The van der Waals surface area contributed by atoms with E-state index in [0.29, 0.717) is 74.8 Å². The third-order valence-electron chi connectivity index (χ3n) is 8.79. The Labute approximate surface area is 282 Å². The summed E-state index contributed by atoms with van der Waals surface area (Å²) in [6.07, 6.45) is 4.74. The second-order valence-electron chi connectivity index (χ2n) is 13.7. The predicted molar refractivity (Wildman–Crippen MR) is 187 cm³/mol. The molecule has 7 nitrogen and oxygen atoms in total. The Morgan fingerprint density at radius 3 is 1.10 bits per heavy atom. The number of hydrogen-bond donors (Lipinski definition) is 2. The average molecular weight is 649 g/mol. The molecule has 4 aromatic rings. The smallest absolute Gasteiger partial charge is 0.150 e. The van der Waals surface area contributed by atoms with Gasteiger partial charge in [0.15, 0.2) is 0 Å². The molecule has 0 saturated carbocycles. The number of phenolic OH excluding ortho intramolecular Hbond substituents is 2. The number of phenols is 2. The Hall–Kier alpha value is -4.91. The summed E-state index contributed by atoms with van der Waals surface area (Å²) in [6.45, 7) is 11.3. The highest BCUT2D eigenvalue weighted by molar-refractivity contribution is 5.79. The number of ether oxygens (including phenoxy) is 2. The topological polar surface area (TPSA) is 110 Å². The van der Waals surface area contributed by atoms with Gasteiger partial charge >= 0.3 is 0 Å². The number of hydrogen-bond acceptors (Lipinski definition) is 7. The minimum atomic E-state index is -0.239. The van der Waals surface area contributed by atoms with Crippen LogP contribution in [0.4, 0.5) is 0 Å². The molecule has 0 spiro atoms. The normalized spacial score (nSPS) is 12.7. The number of rotatable bonds is 9. The molecule has 0 aliphatic heterocycles. The van der Waals surface area contributed by atoms with E-state index in [4.69, 9.17) is 9.47 Å². The minimum Gasteiger partial charge on any atom is -0.507 e. The molecule has 5 rings (SSSR count). The summed E-state index contributed by atoms with van der Waals surface area (Å²) in [5, 5.41) is 23.6. The van der Waals surface area contributed by atoms with E-state index in [2.05, 4.69) is 32.9 Å². The van der Waals surface area contributed by atoms with E-state index in [9.17, 15) is 24.6 Å². The van der Waals surface area contributed by atoms with E-state index in [1.54, 1.807) is 36.4 Å². The summed E-state index contributed by atoms with van der Waals surface area (Å²) in [4.78, 5) is 36.6. The quantitative estimate of drug-likeness (QED) is 0.156. The lowest BCUT2D eigenvalue weighted by Gasteiger charge is -2.25. The summed E-state index contributed by atoms with van der Waals surface area (Å²) in [5.74, 6) is 1.33. The van der Waals surface area contributed by atoms with Crippen molar-refractivity contribution in [2.24, 2.45) is 0 Å². The van der Waals surface area contributed by atoms with Gasteiger partial charge in [0.25, 0.3) is 0 Å². The summed E-state index contributed by atoms with van der Waals surface area (Å²) < 4.78 is 12.7. The van der Waals surface area contributed by atoms with Crippen LogP contribution in [0.1, 0.15) is 129 Å². The van der Waals surface area contributed by atoms with Gasteiger partial charge in [0.05, 0.1) is 13.2 Å². The van der Waals surface area contributed by atoms with Crippen molar-refractivity contribution in [3.63, 3.8) is 0 Å². The largest absolute Gasteiger partial charge is 0.507 e. The molecule has 1 aliphatic rings. The Morgan fingerprint density at radius 1 is 0.542 bits per heavy atom. The Bertz CT molecular complexity index is 1750. The molecule has 0 unspecified atom stereocenters. The van der Waals surface area contributed by atoms with Crippen molar-refractivity contribution in [2.45, 2.75) is 78.6 Å². The van der Waals surface area contributed by atoms with Crippen LogP contribution in [0.15, 0.2) is 48.5 Å². The van der Waals surface area contributed by atoms with Crippen LogP contribution < -0.4 is 9.47 Å². The van der Waals surface area contributed by atoms with Gasteiger partial charge in [-0.3, -0.25) is 14.4 Å². The maximum absolute atomic E-state index is 12.2. The van der Waals surface area contributed by atoms with Gasteiger partial charge in [-0.25, -0.2) is 0 Å². The molecule has 2 N–H and O–H groups in total. The van der Waals surface area contributed by atoms with Crippen LogP contribution >= 0.6 is 0 Å². The van der Waals surface area contributed by atoms with Gasteiger partial charge in [-0.2, -0.15) is 0 Å². The van der Waals surface area contributed by atoms with E-state index in [-0.39, 0.29) is 42.6 Å². The van der Waals surface area contributed by atoms with Crippen molar-refractivity contribution in [1.29, 1.82) is 0 Å². The first-order valence-electron chi connectivity index (χ1n) is 16.6. The molecule has 0 radical (unpaired) electrons. The molecule has 0 amide bonds. The number of aldehydes is 3. The van der Waals surface area contributed by atoms with Crippen molar-refractivity contribution >= 4 is 18.9 Å². The van der Waals surface area contributed by atoms with E-state index in [0.717, 1.165) is 48.4 Å². The first-order valence-corrected chi connectivity index (χ1v) is 16.6. The molecule has 48 heavy (non-hydrogen) atoms. The van der Waals surface area contributed by atoms with Crippen molar-refractivity contribution in [3.8, 4) is 23.0 Å². The van der Waals surface area contributed by atoms with E-state index < -0.39 is 0 Å². The SMILES string of the molecule is CCCOc1c2cc(C=O)cc1Cc1cc(C=O)cc(c1O)Cc1cc(C(C)(C)C)cc(c1OCCC)Cc1cc(C=O)cc(c1O)C2. The summed E-state index contributed by atoms with van der Waals surface area (Å²) in [5.41, 5.74) is 7.23. The van der Waals surface area contributed by atoms with Crippen LogP contribution in [0.5, 0.6) is 23.0 Å². The number of fused-ring (bicyclic) bond motifs is 8. The van der Waals surface area contributed by atoms with Crippen molar-refractivity contribution in [2.75, 3.05) is 13.2 Å². The predicted octanol–water partition coefficient (Wildman–Crippen LogP) is 8.09. The highest BCUT2D eigenvalue weighted by atomic mass is 16.5. The number of carbonyl (C=O) groups excluding carboxylic acids is 3.